The first-order chi connectivity index (χ1) is 14.8. The van der Waals surface area contributed by atoms with E-state index >= 15 is 0 Å². The minimum Gasteiger partial charge on any atom is -0.464 e. The number of methoxy groups -OCH3 is 1. The van der Waals surface area contributed by atoms with Gasteiger partial charge in [0, 0.05) is 28.5 Å². The lowest BCUT2D eigenvalue weighted by Crippen LogP contribution is -2.19. The Hall–Kier alpha value is -3.29. The van der Waals surface area contributed by atoms with Gasteiger partial charge in [-0.25, -0.2) is 13.6 Å². The van der Waals surface area contributed by atoms with Crippen molar-refractivity contribution in [3.8, 4) is 0 Å². The molecule has 2 aromatic carbocycles. The molecule has 0 amide bonds. The largest absolute Gasteiger partial charge is 0.464 e. The van der Waals surface area contributed by atoms with Gasteiger partial charge in [0.05, 0.1) is 12.8 Å². The number of hydrogen-bond acceptors (Lipinski definition) is 6. The average Bonchev–Trinajstić information content (AvgIpc) is 3.44. The summed E-state index contributed by atoms with van der Waals surface area (Å²) in [6.45, 7) is 3.82. The minimum atomic E-state index is -0.635. The molecule has 2 atom stereocenters. The van der Waals surface area contributed by atoms with Gasteiger partial charge in [-0.15, -0.1) is 0 Å². The lowest BCUT2D eigenvalue weighted by Gasteiger charge is -2.13. The zero-order chi connectivity index (χ0) is 22.6. The Morgan fingerprint density at radius 1 is 1.16 bits per heavy atom. The van der Waals surface area contributed by atoms with Crippen molar-refractivity contribution in [1.29, 1.82) is 0 Å². The van der Waals surface area contributed by atoms with Crippen molar-refractivity contribution in [3.05, 3.63) is 70.8 Å². The molecule has 0 saturated heterocycles. The lowest BCUT2D eigenvalue weighted by atomic mass is 9.93. The Morgan fingerprint density at radius 2 is 1.90 bits per heavy atom. The maximum absolute atomic E-state index is 14.2. The van der Waals surface area contributed by atoms with E-state index in [1.54, 1.807) is 24.3 Å². The number of benzene rings is 2. The highest BCUT2D eigenvalue weighted by Crippen LogP contribution is 2.55. The summed E-state index contributed by atoms with van der Waals surface area (Å²) in [5, 5.41) is 7.96. The van der Waals surface area contributed by atoms with E-state index in [-0.39, 0.29) is 18.2 Å². The van der Waals surface area contributed by atoms with Crippen molar-refractivity contribution in [2.24, 2.45) is 16.2 Å². The number of rotatable bonds is 8. The first kappa shape index (κ1) is 22.4. The van der Waals surface area contributed by atoms with E-state index in [9.17, 15) is 13.6 Å². The van der Waals surface area contributed by atoms with Crippen LogP contribution in [0.2, 0.25) is 0 Å². The van der Waals surface area contributed by atoms with Gasteiger partial charge in [0.25, 0.3) is 0 Å². The highest BCUT2D eigenvalue weighted by atomic mass is 19.1. The molecule has 3 rings (SSSR count). The molecule has 1 aliphatic rings. The third-order valence-electron chi connectivity index (χ3n) is 5.55. The van der Waals surface area contributed by atoms with E-state index in [4.69, 9.17) is 14.4 Å². The van der Waals surface area contributed by atoms with Gasteiger partial charge < -0.3 is 14.4 Å². The molecule has 31 heavy (non-hydrogen) atoms. The zero-order valence-electron chi connectivity index (χ0n) is 17.8. The van der Waals surface area contributed by atoms with Crippen molar-refractivity contribution in [2.75, 3.05) is 14.2 Å². The van der Waals surface area contributed by atoms with Crippen LogP contribution in [0.1, 0.15) is 37.0 Å². The molecule has 1 saturated carbocycles. The molecule has 0 radical (unpaired) electrons. The Morgan fingerprint density at radius 3 is 2.58 bits per heavy atom. The van der Waals surface area contributed by atoms with Crippen LogP contribution in [0.15, 0.2) is 52.8 Å². The second-order valence-electron chi connectivity index (χ2n) is 7.58. The highest BCUT2D eigenvalue weighted by molar-refractivity contribution is 6.43. The summed E-state index contributed by atoms with van der Waals surface area (Å²) in [5.74, 6) is -1.80. The number of oxime groups is 2. The highest BCUT2D eigenvalue weighted by Gasteiger charge is 2.54. The van der Waals surface area contributed by atoms with Crippen LogP contribution in [-0.4, -0.2) is 31.6 Å². The van der Waals surface area contributed by atoms with Gasteiger partial charge in [0.15, 0.2) is 5.71 Å². The van der Waals surface area contributed by atoms with Crippen molar-refractivity contribution in [1.82, 2.24) is 0 Å². The predicted molar refractivity (Wildman–Crippen MR) is 112 cm³/mol. The van der Waals surface area contributed by atoms with Crippen LogP contribution in [0.4, 0.5) is 8.78 Å². The quantitative estimate of drug-likeness (QED) is 0.355. The monoisotopic (exact) mass is 430 g/mol. The van der Waals surface area contributed by atoms with E-state index in [1.807, 2.05) is 13.8 Å². The topological polar surface area (TPSA) is 69.5 Å². The first-order valence-corrected chi connectivity index (χ1v) is 9.71. The second-order valence-corrected chi connectivity index (χ2v) is 7.58. The number of carbonyl (C=O) groups excluding carboxylic acids is 1. The number of halogens is 2. The van der Waals surface area contributed by atoms with Gasteiger partial charge in [-0.3, -0.25) is 0 Å². The molecule has 0 spiro atoms. The Labute approximate surface area is 179 Å². The molecule has 8 heteroatoms. The van der Waals surface area contributed by atoms with E-state index < -0.39 is 23.0 Å². The standard InChI is InChI=1S/C23H24F2N2O4/c1-14(19-12-23(19,2)18-10-9-16(24)11-20(18)25)26-31-13-15-7-5-6-8-17(15)21(27-30-4)22(28)29-3/h5-11,19H,12-13H2,1-4H3/t19-,23-/m0/s1. The van der Waals surface area contributed by atoms with E-state index in [0.717, 1.165) is 6.07 Å². The maximum atomic E-state index is 14.2. The molecule has 164 valence electrons. The molecule has 0 aliphatic heterocycles. The van der Waals surface area contributed by atoms with Crippen LogP contribution in [0.25, 0.3) is 0 Å². The lowest BCUT2D eigenvalue weighted by molar-refractivity contribution is -0.132. The molecule has 0 N–H and O–H groups in total. The number of nitrogens with zero attached hydrogens (tertiary/aromatic N) is 2. The van der Waals surface area contributed by atoms with Crippen LogP contribution in [0.3, 0.4) is 0 Å². The summed E-state index contributed by atoms with van der Waals surface area (Å²) in [6, 6.07) is 10.7. The maximum Gasteiger partial charge on any atom is 0.360 e. The summed E-state index contributed by atoms with van der Waals surface area (Å²) >= 11 is 0. The summed E-state index contributed by atoms with van der Waals surface area (Å²) in [7, 11) is 2.60. The minimum absolute atomic E-state index is 0.0108. The fourth-order valence-electron chi connectivity index (χ4n) is 3.75. The number of carbonyl (C=O) groups is 1. The molecule has 1 fully saturated rings. The molecular formula is C23H24F2N2O4. The molecule has 6 nitrogen and oxygen atoms in total. The molecule has 0 bridgehead atoms. The Balaban J connectivity index is 1.72. The second kappa shape index (κ2) is 9.24. The number of hydrogen-bond donors (Lipinski definition) is 0. The van der Waals surface area contributed by atoms with Crippen molar-refractivity contribution in [3.63, 3.8) is 0 Å². The fourth-order valence-corrected chi connectivity index (χ4v) is 3.75. The number of esters is 1. The summed E-state index contributed by atoms with van der Waals surface area (Å²) in [4.78, 5) is 22.3. The fraction of sp³-hybridized carbons (Fsp3) is 0.348. The summed E-state index contributed by atoms with van der Waals surface area (Å²) in [6.07, 6.45) is 0.692. The summed E-state index contributed by atoms with van der Waals surface area (Å²) in [5.41, 5.74) is 1.93. The third-order valence-corrected chi connectivity index (χ3v) is 5.55. The third kappa shape index (κ3) is 4.73. The van der Waals surface area contributed by atoms with Crippen LogP contribution in [0.5, 0.6) is 0 Å². The van der Waals surface area contributed by atoms with Crippen molar-refractivity contribution >= 4 is 17.4 Å². The molecule has 1 aliphatic carbocycles. The van der Waals surface area contributed by atoms with E-state index in [2.05, 4.69) is 10.3 Å². The van der Waals surface area contributed by atoms with Gasteiger partial charge in [-0.1, -0.05) is 47.6 Å². The van der Waals surface area contributed by atoms with Gasteiger partial charge >= 0.3 is 5.97 Å². The predicted octanol–water partition coefficient (Wildman–Crippen LogP) is 4.36. The zero-order valence-corrected chi connectivity index (χ0v) is 17.8. The van der Waals surface area contributed by atoms with Gasteiger partial charge in [0.2, 0.25) is 0 Å². The smallest absolute Gasteiger partial charge is 0.360 e. The van der Waals surface area contributed by atoms with Gasteiger partial charge in [-0.05, 0) is 25.0 Å². The van der Waals surface area contributed by atoms with Crippen LogP contribution >= 0.6 is 0 Å². The van der Waals surface area contributed by atoms with Gasteiger partial charge in [0.1, 0.15) is 25.4 Å². The molecule has 0 heterocycles. The average molecular weight is 430 g/mol. The SMILES string of the molecule is CON=C(C(=O)OC)c1ccccc1CON=C(C)[C@@H]1C[C@@]1(C)c1ccc(F)cc1F. The molecular weight excluding hydrogens is 406 g/mol. The van der Waals surface area contributed by atoms with E-state index in [1.165, 1.54) is 26.4 Å². The van der Waals surface area contributed by atoms with Crippen LogP contribution in [0, 0.1) is 17.6 Å². The summed E-state index contributed by atoms with van der Waals surface area (Å²) < 4.78 is 32.2. The van der Waals surface area contributed by atoms with Crippen molar-refractivity contribution in [2.45, 2.75) is 32.3 Å². The van der Waals surface area contributed by atoms with Gasteiger partial charge in [-0.2, -0.15) is 0 Å². The van der Waals surface area contributed by atoms with Crippen LogP contribution < -0.4 is 0 Å². The number of ether oxygens (including phenoxy) is 1. The first-order valence-electron chi connectivity index (χ1n) is 9.71. The van der Waals surface area contributed by atoms with Crippen molar-refractivity contribution < 1.29 is 28.0 Å². The van der Waals surface area contributed by atoms with E-state index in [0.29, 0.717) is 28.8 Å². The van der Waals surface area contributed by atoms with Crippen LogP contribution in [-0.2, 0) is 31.2 Å². The molecule has 0 unspecified atom stereocenters. The Bertz CT molecular complexity index is 1040. The normalized spacial score (nSPS) is 20.9. The molecule has 0 aromatic heterocycles. The Kier molecular flexibility index (Phi) is 6.68. The molecule has 2 aromatic rings.